The first-order chi connectivity index (χ1) is 9.33. The maximum atomic E-state index is 12.5. The molecule has 0 saturated heterocycles. The van der Waals surface area contributed by atoms with Gasteiger partial charge in [-0.2, -0.15) is 0 Å². The van der Waals surface area contributed by atoms with Crippen LogP contribution in [0.5, 0.6) is 0 Å². The number of nitrogens with two attached hydrogens (primary N) is 1. The fraction of sp³-hybridized carbons (Fsp3) is 0.154. The van der Waals surface area contributed by atoms with E-state index in [-0.39, 0.29) is 21.4 Å². The van der Waals surface area contributed by atoms with Gasteiger partial charge in [0.2, 0.25) is 0 Å². The number of benzene rings is 1. The summed E-state index contributed by atoms with van der Waals surface area (Å²) in [5.41, 5.74) is 7.67. The number of hydrogen-bond donors (Lipinski definition) is 2. The van der Waals surface area contributed by atoms with Gasteiger partial charge in [0.1, 0.15) is 4.90 Å². The number of anilines is 2. The zero-order chi connectivity index (χ0) is 14.9. The molecule has 0 radical (unpaired) electrons. The van der Waals surface area contributed by atoms with Gasteiger partial charge in [0.25, 0.3) is 10.0 Å². The molecule has 0 aliphatic rings. The largest absolute Gasteiger partial charge is 0.398 e. The number of nitrogen functional groups attached to an aromatic ring is 1. The van der Waals surface area contributed by atoms with Crippen LogP contribution < -0.4 is 10.5 Å². The van der Waals surface area contributed by atoms with Crippen molar-refractivity contribution >= 4 is 33.0 Å². The number of aromatic nitrogens is 1. The number of nitrogens with zero attached hydrogens (tertiary/aromatic N) is 1. The Labute approximate surface area is 122 Å². The Morgan fingerprint density at radius 2 is 1.95 bits per heavy atom. The van der Waals surface area contributed by atoms with E-state index >= 15 is 0 Å². The minimum atomic E-state index is -3.82. The van der Waals surface area contributed by atoms with Crippen LogP contribution in [0, 0.1) is 13.8 Å². The molecule has 2 aromatic rings. The highest BCUT2D eigenvalue weighted by molar-refractivity contribution is 7.93. The average molecular weight is 312 g/mol. The van der Waals surface area contributed by atoms with Crippen molar-refractivity contribution in [3.63, 3.8) is 0 Å². The summed E-state index contributed by atoms with van der Waals surface area (Å²) in [6.45, 7) is 3.54. The van der Waals surface area contributed by atoms with E-state index in [9.17, 15) is 8.42 Å². The van der Waals surface area contributed by atoms with Gasteiger partial charge in [-0.1, -0.05) is 17.7 Å². The van der Waals surface area contributed by atoms with Crippen LogP contribution in [0.25, 0.3) is 0 Å². The number of aryl methyl sites for hydroxylation is 1. The third kappa shape index (κ3) is 2.71. The van der Waals surface area contributed by atoms with Crippen molar-refractivity contribution in [2.75, 3.05) is 10.5 Å². The molecule has 0 bridgehead atoms. The van der Waals surface area contributed by atoms with Crippen LogP contribution in [-0.2, 0) is 10.0 Å². The van der Waals surface area contributed by atoms with E-state index in [4.69, 9.17) is 17.3 Å². The van der Waals surface area contributed by atoms with Gasteiger partial charge in [0, 0.05) is 6.20 Å². The summed E-state index contributed by atoms with van der Waals surface area (Å²) in [4.78, 5) is 3.89. The molecule has 3 N–H and O–H groups in total. The summed E-state index contributed by atoms with van der Waals surface area (Å²) in [5, 5.41) is 0.0833. The van der Waals surface area contributed by atoms with Crippen LogP contribution >= 0.6 is 11.6 Å². The summed E-state index contributed by atoms with van der Waals surface area (Å²) >= 11 is 5.86. The molecule has 2 rings (SSSR count). The minimum Gasteiger partial charge on any atom is -0.398 e. The highest BCUT2D eigenvalue weighted by Crippen LogP contribution is 2.28. The van der Waals surface area contributed by atoms with Crippen LogP contribution in [0.4, 0.5) is 11.4 Å². The summed E-state index contributed by atoms with van der Waals surface area (Å²) < 4.78 is 27.3. The first kappa shape index (κ1) is 14.6. The molecule has 0 aliphatic heterocycles. The molecule has 20 heavy (non-hydrogen) atoms. The normalized spacial score (nSPS) is 11.3. The van der Waals surface area contributed by atoms with E-state index in [1.54, 1.807) is 25.1 Å². The van der Waals surface area contributed by atoms with Crippen LogP contribution in [0.15, 0.2) is 35.4 Å². The fourth-order valence-corrected chi connectivity index (χ4v) is 3.55. The van der Waals surface area contributed by atoms with E-state index < -0.39 is 10.0 Å². The molecular formula is C13H14ClN3O2S. The number of hydrogen-bond acceptors (Lipinski definition) is 4. The highest BCUT2D eigenvalue weighted by atomic mass is 35.5. The fourth-order valence-electron chi connectivity index (χ4n) is 1.83. The van der Waals surface area contributed by atoms with Gasteiger partial charge >= 0.3 is 0 Å². The van der Waals surface area contributed by atoms with Gasteiger partial charge < -0.3 is 5.73 Å². The maximum absolute atomic E-state index is 12.5. The Bertz CT molecular complexity index is 760. The molecule has 0 saturated carbocycles. The van der Waals surface area contributed by atoms with E-state index in [1.807, 2.05) is 6.92 Å². The predicted octanol–water partition coefficient (Wildman–Crippen LogP) is 2.73. The van der Waals surface area contributed by atoms with Crippen molar-refractivity contribution in [1.29, 1.82) is 0 Å². The predicted molar refractivity (Wildman–Crippen MR) is 80.4 cm³/mol. The van der Waals surface area contributed by atoms with Gasteiger partial charge in [-0.15, -0.1) is 0 Å². The lowest BCUT2D eigenvalue weighted by Crippen LogP contribution is -2.17. The number of nitrogens with one attached hydrogen (secondary N) is 1. The number of halogens is 1. The topological polar surface area (TPSA) is 85.1 Å². The maximum Gasteiger partial charge on any atom is 0.264 e. The third-order valence-electron chi connectivity index (χ3n) is 2.98. The van der Waals surface area contributed by atoms with Crippen molar-refractivity contribution in [2.24, 2.45) is 0 Å². The lowest BCUT2D eigenvalue weighted by atomic mass is 10.1. The van der Waals surface area contributed by atoms with Crippen LogP contribution in [0.2, 0.25) is 5.15 Å². The second kappa shape index (κ2) is 5.30. The number of sulfonamides is 1. The molecule has 5 nitrogen and oxygen atoms in total. The lowest BCUT2D eigenvalue weighted by molar-refractivity contribution is 0.601. The number of rotatable bonds is 3. The molecule has 1 aromatic heterocycles. The zero-order valence-electron chi connectivity index (χ0n) is 11.0. The van der Waals surface area contributed by atoms with Crippen molar-refractivity contribution in [2.45, 2.75) is 18.7 Å². The molecule has 0 fully saturated rings. The van der Waals surface area contributed by atoms with E-state index in [2.05, 4.69) is 9.71 Å². The average Bonchev–Trinajstić information content (AvgIpc) is 2.37. The Kier molecular flexibility index (Phi) is 3.87. The summed E-state index contributed by atoms with van der Waals surface area (Å²) in [6.07, 6.45) is 1.48. The molecule has 0 atom stereocenters. The molecule has 0 aliphatic carbocycles. The lowest BCUT2D eigenvalue weighted by Gasteiger charge is -2.14. The Morgan fingerprint density at radius 1 is 1.25 bits per heavy atom. The van der Waals surface area contributed by atoms with Crippen molar-refractivity contribution < 1.29 is 8.42 Å². The smallest absolute Gasteiger partial charge is 0.264 e. The van der Waals surface area contributed by atoms with Gasteiger partial charge in [-0.05, 0) is 43.2 Å². The Morgan fingerprint density at radius 3 is 2.60 bits per heavy atom. The number of pyridine rings is 1. The van der Waals surface area contributed by atoms with Crippen LogP contribution in [0.3, 0.4) is 0 Å². The molecule has 1 heterocycles. The van der Waals surface area contributed by atoms with Gasteiger partial charge in [0.15, 0.2) is 5.15 Å². The first-order valence-corrected chi connectivity index (χ1v) is 7.68. The molecule has 106 valence electrons. The van der Waals surface area contributed by atoms with Gasteiger partial charge in [-0.25, -0.2) is 13.4 Å². The van der Waals surface area contributed by atoms with E-state index in [0.717, 1.165) is 5.56 Å². The van der Waals surface area contributed by atoms with Crippen molar-refractivity contribution in [1.82, 2.24) is 4.98 Å². The summed E-state index contributed by atoms with van der Waals surface area (Å²) in [5.74, 6) is 0. The van der Waals surface area contributed by atoms with Crippen molar-refractivity contribution in [3.8, 4) is 0 Å². The molecular weight excluding hydrogens is 298 g/mol. The summed E-state index contributed by atoms with van der Waals surface area (Å²) in [7, 11) is -3.82. The molecule has 7 heteroatoms. The molecule has 1 aromatic carbocycles. The standard InChI is InChI=1S/C13H14ClN3O2S/c1-8-5-6-10(15)12(9(8)2)20(18,19)17-11-4-3-7-16-13(11)14/h3-7,17H,15H2,1-2H3. The third-order valence-corrected chi connectivity index (χ3v) is 4.85. The van der Waals surface area contributed by atoms with Crippen LogP contribution in [-0.4, -0.2) is 13.4 Å². The second-order valence-corrected chi connectivity index (χ2v) is 6.35. The minimum absolute atomic E-state index is 0.0671. The molecule has 0 spiro atoms. The van der Waals surface area contributed by atoms with Gasteiger partial charge in [0.05, 0.1) is 11.4 Å². The quantitative estimate of drug-likeness (QED) is 0.674. The van der Waals surface area contributed by atoms with E-state index in [1.165, 1.54) is 12.3 Å². The second-order valence-electron chi connectivity index (χ2n) is 4.37. The summed E-state index contributed by atoms with van der Waals surface area (Å²) in [6, 6.07) is 6.48. The van der Waals surface area contributed by atoms with E-state index in [0.29, 0.717) is 5.56 Å². The Balaban J connectivity index is 2.52. The SMILES string of the molecule is Cc1ccc(N)c(S(=O)(=O)Nc2cccnc2Cl)c1C. The first-order valence-electron chi connectivity index (χ1n) is 5.82. The highest BCUT2D eigenvalue weighted by Gasteiger charge is 2.22. The van der Waals surface area contributed by atoms with Crippen molar-refractivity contribution in [3.05, 3.63) is 46.7 Å². The molecule has 0 unspecified atom stereocenters. The zero-order valence-corrected chi connectivity index (χ0v) is 12.6. The van der Waals surface area contributed by atoms with Crippen LogP contribution in [0.1, 0.15) is 11.1 Å². The Hall–Kier alpha value is -1.79. The van der Waals surface area contributed by atoms with Gasteiger partial charge in [-0.3, -0.25) is 4.72 Å². The monoisotopic (exact) mass is 311 g/mol. The molecule has 0 amide bonds.